The highest BCUT2D eigenvalue weighted by atomic mass is 16.5. The SMILES string of the molecule is CCCOc1ccc(C(=O)C=Cc2cc(C)c(OC(C)(C)C)cc2OC(C)(C)C)cc1. The molecule has 4 heteroatoms. The van der Waals surface area contributed by atoms with Crippen molar-refractivity contribution in [1.29, 1.82) is 0 Å². The van der Waals surface area contributed by atoms with Gasteiger partial charge in [-0.2, -0.15) is 0 Å². The van der Waals surface area contributed by atoms with Crippen LogP contribution in [0.15, 0.2) is 42.5 Å². The fraction of sp³-hybridized carbons (Fsp3) is 0.444. The van der Waals surface area contributed by atoms with Crippen LogP contribution in [0.5, 0.6) is 17.2 Å². The monoisotopic (exact) mass is 424 g/mol. The van der Waals surface area contributed by atoms with E-state index >= 15 is 0 Å². The molecule has 0 fully saturated rings. The molecule has 0 spiro atoms. The van der Waals surface area contributed by atoms with Gasteiger partial charge in [-0.05, 0) is 103 Å². The maximum absolute atomic E-state index is 12.7. The van der Waals surface area contributed by atoms with Crippen LogP contribution in [0.1, 0.15) is 76.4 Å². The number of rotatable bonds is 8. The molecule has 0 aliphatic carbocycles. The lowest BCUT2D eigenvalue weighted by atomic mass is 10.0. The Morgan fingerprint density at radius 2 is 1.48 bits per heavy atom. The summed E-state index contributed by atoms with van der Waals surface area (Å²) in [6.07, 6.45) is 4.33. The van der Waals surface area contributed by atoms with Gasteiger partial charge in [-0.1, -0.05) is 6.92 Å². The van der Waals surface area contributed by atoms with Gasteiger partial charge in [-0.15, -0.1) is 0 Å². The predicted molar refractivity (Wildman–Crippen MR) is 128 cm³/mol. The van der Waals surface area contributed by atoms with Crippen LogP contribution < -0.4 is 14.2 Å². The first-order valence-electron chi connectivity index (χ1n) is 10.9. The Kier molecular flexibility index (Phi) is 7.94. The van der Waals surface area contributed by atoms with E-state index in [1.165, 1.54) is 0 Å². The van der Waals surface area contributed by atoms with Gasteiger partial charge in [0.05, 0.1) is 6.61 Å². The molecular weight excluding hydrogens is 388 g/mol. The summed E-state index contributed by atoms with van der Waals surface area (Å²) in [7, 11) is 0. The van der Waals surface area contributed by atoms with Gasteiger partial charge < -0.3 is 14.2 Å². The molecule has 0 saturated heterocycles. The molecule has 2 aromatic carbocycles. The van der Waals surface area contributed by atoms with Crippen molar-refractivity contribution in [3.63, 3.8) is 0 Å². The zero-order valence-electron chi connectivity index (χ0n) is 20.2. The maximum Gasteiger partial charge on any atom is 0.185 e. The lowest BCUT2D eigenvalue weighted by Gasteiger charge is -2.26. The van der Waals surface area contributed by atoms with Crippen LogP contribution in [0, 0.1) is 6.92 Å². The van der Waals surface area contributed by atoms with E-state index in [-0.39, 0.29) is 17.0 Å². The number of hydrogen-bond acceptors (Lipinski definition) is 4. The third-order valence-corrected chi connectivity index (χ3v) is 4.17. The number of allylic oxidation sites excluding steroid dienone is 1. The zero-order valence-corrected chi connectivity index (χ0v) is 20.2. The van der Waals surface area contributed by atoms with Gasteiger partial charge in [0, 0.05) is 17.2 Å². The summed E-state index contributed by atoms with van der Waals surface area (Å²) in [5.74, 6) is 2.16. The average molecular weight is 425 g/mol. The van der Waals surface area contributed by atoms with Crippen molar-refractivity contribution in [2.45, 2.75) is 73.0 Å². The molecule has 0 amide bonds. The van der Waals surface area contributed by atoms with E-state index in [0.29, 0.717) is 17.9 Å². The number of ether oxygens (including phenoxy) is 3. The second-order valence-corrected chi connectivity index (χ2v) is 9.65. The Labute approximate surface area is 187 Å². The quantitative estimate of drug-likeness (QED) is 0.337. The zero-order chi connectivity index (χ0) is 23.2. The van der Waals surface area contributed by atoms with Crippen LogP contribution in [0.3, 0.4) is 0 Å². The van der Waals surface area contributed by atoms with E-state index in [2.05, 4.69) is 6.92 Å². The highest BCUT2D eigenvalue weighted by Gasteiger charge is 2.19. The number of ketones is 1. The standard InChI is InChI=1S/C27H36O4/c1-9-16-29-22-13-10-20(11-14-22)23(28)15-12-21-17-19(2)24(30-26(3,4)5)18-25(21)31-27(6,7)8/h10-15,17-18H,9,16H2,1-8H3. The molecule has 0 bridgehead atoms. The van der Waals surface area contributed by atoms with Crippen LogP contribution >= 0.6 is 0 Å². The minimum Gasteiger partial charge on any atom is -0.494 e. The molecular formula is C27H36O4. The fourth-order valence-electron chi connectivity index (χ4n) is 2.88. The van der Waals surface area contributed by atoms with Crippen molar-refractivity contribution < 1.29 is 19.0 Å². The summed E-state index contributed by atoms with van der Waals surface area (Å²) in [6, 6.07) is 11.1. The number of carbonyl (C=O) groups excluding carboxylic acids is 1. The first kappa shape index (κ1) is 24.5. The molecule has 4 nitrogen and oxygen atoms in total. The highest BCUT2D eigenvalue weighted by molar-refractivity contribution is 6.07. The van der Waals surface area contributed by atoms with Gasteiger partial charge in [-0.3, -0.25) is 4.79 Å². The minimum absolute atomic E-state index is 0.0728. The molecule has 0 heterocycles. The molecule has 0 unspecified atom stereocenters. The van der Waals surface area contributed by atoms with E-state index in [1.54, 1.807) is 24.3 Å². The van der Waals surface area contributed by atoms with Gasteiger partial charge in [0.15, 0.2) is 5.78 Å². The van der Waals surface area contributed by atoms with E-state index < -0.39 is 0 Å². The molecule has 0 aliphatic heterocycles. The van der Waals surface area contributed by atoms with E-state index in [1.807, 2.05) is 72.7 Å². The second-order valence-electron chi connectivity index (χ2n) is 9.65. The number of aryl methyl sites for hydroxylation is 1. The molecule has 2 rings (SSSR count). The molecule has 0 aliphatic rings. The highest BCUT2D eigenvalue weighted by Crippen LogP contribution is 2.34. The van der Waals surface area contributed by atoms with Crippen LogP contribution in [-0.2, 0) is 0 Å². The summed E-state index contributed by atoms with van der Waals surface area (Å²) in [5.41, 5.74) is 1.74. The van der Waals surface area contributed by atoms with Crippen molar-refractivity contribution in [3.8, 4) is 17.2 Å². The Morgan fingerprint density at radius 3 is 2.03 bits per heavy atom. The lowest BCUT2D eigenvalue weighted by Crippen LogP contribution is -2.25. The van der Waals surface area contributed by atoms with E-state index in [9.17, 15) is 4.79 Å². The Bertz CT molecular complexity index is 910. The van der Waals surface area contributed by atoms with Gasteiger partial charge in [-0.25, -0.2) is 0 Å². The summed E-state index contributed by atoms with van der Waals surface area (Å²) in [5, 5.41) is 0. The van der Waals surface area contributed by atoms with Crippen LogP contribution in [-0.4, -0.2) is 23.6 Å². The minimum atomic E-state index is -0.380. The molecule has 2 aromatic rings. The van der Waals surface area contributed by atoms with E-state index in [0.717, 1.165) is 29.0 Å². The summed E-state index contributed by atoms with van der Waals surface area (Å²) in [6.45, 7) is 16.8. The van der Waals surface area contributed by atoms with Crippen LogP contribution in [0.4, 0.5) is 0 Å². The summed E-state index contributed by atoms with van der Waals surface area (Å²) >= 11 is 0. The molecule has 168 valence electrons. The second kappa shape index (κ2) is 10.0. The third kappa shape index (κ3) is 8.12. The molecule has 31 heavy (non-hydrogen) atoms. The normalized spacial score (nSPS) is 12.1. The number of benzene rings is 2. The predicted octanol–water partition coefficient (Wildman–Crippen LogP) is 7.03. The Balaban J connectivity index is 2.30. The summed E-state index contributed by atoms with van der Waals surface area (Å²) < 4.78 is 17.9. The van der Waals surface area contributed by atoms with E-state index in [4.69, 9.17) is 14.2 Å². The van der Waals surface area contributed by atoms with Crippen LogP contribution in [0.25, 0.3) is 6.08 Å². The first-order valence-corrected chi connectivity index (χ1v) is 10.9. The first-order chi connectivity index (χ1) is 14.4. The molecule has 0 aromatic heterocycles. The van der Waals surface area contributed by atoms with Crippen LogP contribution in [0.2, 0.25) is 0 Å². The smallest absolute Gasteiger partial charge is 0.185 e. The molecule has 0 atom stereocenters. The van der Waals surface area contributed by atoms with Crippen molar-refractivity contribution in [2.24, 2.45) is 0 Å². The molecule has 0 saturated carbocycles. The van der Waals surface area contributed by atoms with Gasteiger partial charge >= 0.3 is 0 Å². The lowest BCUT2D eigenvalue weighted by molar-refractivity contribution is 0.104. The largest absolute Gasteiger partial charge is 0.494 e. The van der Waals surface area contributed by atoms with Crippen molar-refractivity contribution >= 4 is 11.9 Å². The van der Waals surface area contributed by atoms with Gasteiger partial charge in [0.1, 0.15) is 28.5 Å². The Hall–Kier alpha value is -2.75. The number of carbonyl (C=O) groups is 1. The number of hydrogen-bond donors (Lipinski definition) is 0. The van der Waals surface area contributed by atoms with Gasteiger partial charge in [0.2, 0.25) is 0 Å². The summed E-state index contributed by atoms with van der Waals surface area (Å²) in [4.78, 5) is 12.7. The maximum atomic E-state index is 12.7. The van der Waals surface area contributed by atoms with Crippen molar-refractivity contribution in [3.05, 3.63) is 59.2 Å². The molecule has 0 N–H and O–H groups in total. The topological polar surface area (TPSA) is 44.8 Å². The third-order valence-electron chi connectivity index (χ3n) is 4.17. The average Bonchev–Trinajstić information content (AvgIpc) is 2.65. The molecule has 0 radical (unpaired) electrons. The fourth-order valence-corrected chi connectivity index (χ4v) is 2.88. The Morgan fingerprint density at radius 1 is 0.903 bits per heavy atom. The van der Waals surface area contributed by atoms with Crippen molar-refractivity contribution in [1.82, 2.24) is 0 Å². The van der Waals surface area contributed by atoms with Crippen molar-refractivity contribution in [2.75, 3.05) is 6.61 Å². The van der Waals surface area contributed by atoms with Gasteiger partial charge in [0.25, 0.3) is 0 Å².